The molecule has 0 radical (unpaired) electrons. The van der Waals surface area contributed by atoms with E-state index in [-0.39, 0.29) is 12.1 Å². The molecule has 0 spiro atoms. The van der Waals surface area contributed by atoms with Crippen molar-refractivity contribution in [2.24, 2.45) is 0 Å². The standard InChI is InChI=1S/C12H16Cl3NO/c1-3-12(2,7-17)16-6-8-9(13)4-5-10(14)11(8)15/h4-5,16-17H,3,6-7H2,1-2H3. The highest BCUT2D eigenvalue weighted by Gasteiger charge is 2.21. The maximum atomic E-state index is 9.30. The van der Waals surface area contributed by atoms with Gasteiger partial charge >= 0.3 is 0 Å². The Hall–Kier alpha value is 0.01000. The van der Waals surface area contributed by atoms with Gasteiger partial charge in [0.2, 0.25) is 0 Å². The summed E-state index contributed by atoms with van der Waals surface area (Å²) in [6, 6.07) is 3.38. The number of hydrogen-bond donors (Lipinski definition) is 2. The summed E-state index contributed by atoms with van der Waals surface area (Å²) in [7, 11) is 0. The van der Waals surface area contributed by atoms with Crippen molar-refractivity contribution in [1.29, 1.82) is 0 Å². The second kappa shape index (κ2) is 6.26. The van der Waals surface area contributed by atoms with Crippen molar-refractivity contribution in [3.05, 3.63) is 32.8 Å². The predicted octanol–water partition coefficient (Wildman–Crippen LogP) is 3.90. The lowest BCUT2D eigenvalue weighted by Gasteiger charge is -2.27. The van der Waals surface area contributed by atoms with Crippen LogP contribution in [0.25, 0.3) is 0 Å². The fraction of sp³-hybridized carbons (Fsp3) is 0.500. The second-order valence-corrected chi connectivity index (χ2v) is 5.44. The third-order valence-electron chi connectivity index (χ3n) is 2.96. The van der Waals surface area contributed by atoms with Gasteiger partial charge in [0.15, 0.2) is 0 Å². The van der Waals surface area contributed by atoms with Gasteiger partial charge in [-0.1, -0.05) is 41.7 Å². The molecule has 2 N–H and O–H groups in total. The lowest BCUT2D eigenvalue weighted by Crippen LogP contribution is -2.44. The van der Waals surface area contributed by atoms with Crippen LogP contribution >= 0.6 is 34.8 Å². The summed E-state index contributed by atoms with van der Waals surface area (Å²) in [5, 5.41) is 14.1. The predicted molar refractivity (Wildman–Crippen MR) is 74.1 cm³/mol. The van der Waals surface area contributed by atoms with Crippen molar-refractivity contribution in [1.82, 2.24) is 5.32 Å². The first kappa shape index (κ1) is 15.1. The topological polar surface area (TPSA) is 32.3 Å². The van der Waals surface area contributed by atoms with Crippen LogP contribution in [0.5, 0.6) is 0 Å². The van der Waals surface area contributed by atoms with Crippen molar-refractivity contribution in [2.75, 3.05) is 6.61 Å². The molecule has 0 saturated heterocycles. The molecule has 1 unspecified atom stereocenters. The highest BCUT2D eigenvalue weighted by molar-refractivity contribution is 6.44. The first-order valence-corrected chi connectivity index (χ1v) is 6.55. The van der Waals surface area contributed by atoms with Crippen LogP contribution in [0, 0.1) is 0 Å². The van der Waals surface area contributed by atoms with E-state index in [1.165, 1.54) is 0 Å². The Morgan fingerprint density at radius 1 is 1.24 bits per heavy atom. The molecule has 0 bridgehead atoms. The molecule has 1 rings (SSSR count). The summed E-state index contributed by atoms with van der Waals surface area (Å²) in [5.74, 6) is 0. The van der Waals surface area contributed by atoms with E-state index in [4.69, 9.17) is 34.8 Å². The van der Waals surface area contributed by atoms with Crippen LogP contribution in [0.2, 0.25) is 15.1 Å². The highest BCUT2D eigenvalue weighted by Crippen LogP contribution is 2.31. The van der Waals surface area contributed by atoms with E-state index < -0.39 is 0 Å². The molecule has 0 aliphatic rings. The van der Waals surface area contributed by atoms with Gasteiger partial charge in [-0.3, -0.25) is 0 Å². The normalized spacial score (nSPS) is 14.7. The third-order valence-corrected chi connectivity index (χ3v) is 4.16. The van der Waals surface area contributed by atoms with Crippen LogP contribution < -0.4 is 5.32 Å². The van der Waals surface area contributed by atoms with Gasteiger partial charge in [-0.05, 0) is 25.5 Å². The van der Waals surface area contributed by atoms with E-state index in [0.717, 1.165) is 12.0 Å². The van der Waals surface area contributed by atoms with Gasteiger partial charge in [0.25, 0.3) is 0 Å². The molecular weight excluding hydrogens is 280 g/mol. The molecule has 96 valence electrons. The summed E-state index contributed by atoms with van der Waals surface area (Å²) in [5.41, 5.74) is 0.420. The van der Waals surface area contributed by atoms with Gasteiger partial charge in [-0.25, -0.2) is 0 Å². The maximum Gasteiger partial charge on any atom is 0.0652 e. The van der Waals surface area contributed by atoms with Gasteiger partial charge in [0.05, 0.1) is 16.7 Å². The Balaban J connectivity index is 2.86. The monoisotopic (exact) mass is 295 g/mol. The van der Waals surface area contributed by atoms with E-state index in [9.17, 15) is 5.11 Å². The molecule has 0 aromatic heterocycles. The summed E-state index contributed by atoms with van der Waals surface area (Å²) < 4.78 is 0. The fourth-order valence-corrected chi connectivity index (χ4v) is 2.01. The quantitative estimate of drug-likeness (QED) is 0.808. The van der Waals surface area contributed by atoms with Crippen LogP contribution in [0.15, 0.2) is 12.1 Å². The van der Waals surface area contributed by atoms with E-state index in [0.29, 0.717) is 21.6 Å². The smallest absolute Gasteiger partial charge is 0.0652 e. The van der Waals surface area contributed by atoms with Crippen LogP contribution in [0.4, 0.5) is 0 Å². The Morgan fingerprint density at radius 2 is 1.82 bits per heavy atom. The van der Waals surface area contributed by atoms with Crippen molar-refractivity contribution in [3.63, 3.8) is 0 Å². The van der Waals surface area contributed by atoms with E-state index in [1.54, 1.807) is 12.1 Å². The average molecular weight is 297 g/mol. The molecular formula is C12H16Cl3NO. The number of hydrogen-bond acceptors (Lipinski definition) is 2. The number of halogens is 3. The molecule has 0 aliphatic carbocycles. The Morgan fingerprint density at radius 3 is 2.35 bits per heavy atom. The number of aliphatic hydroxyl groups is 1. The number of benzene rings is 1. The van der Waals surface area contributed by atoms with Crippen LogP contribution in [0.1, 0.15) is 25.8 Å². The molecule has 0 aliphatic heterocycles. The van der Waals surface area contributed by atoms with Gasteiger partial charge in [-0.15, -0.1) is 0 Å². The van der Waals surface area contributed by atoms with E-state index in [1.807, 2.05) is 13.8 Å². The minimum absolute atomic E-state index is 0.0549. The molecule has 0 amide bonds. The Labute approximate surface area is 117 Å². The van der Waals surface area contributed by atoms with Crippen LogP contribution in [0.3, 0.4) is 0 Å². The first-order valence-electron chi connectivity index (χ1n) is 5.42. The fourth-order valence-electron chi connectivity index (χ4n) is 1.33. The minimum Gasteiger partial charge on any atom is -0.394 e. The Kier molecular flexibility index (Phi) is 5.55. The van der Waals surface area contributed by atoms with Gasteiger partial charge in [0.1, 0.15) is 0 Å². The van der Waals surface area contributed by atoms with Crippen molar-refractivity contribution in [2.45, 2.75) is 32.4 Å². The van der Waals surface area contributed by atoms with Gasteiger partial charge < -0.3 is 10.4 Å². The Bertz CT molecular complexity index is 392. The molecule has 1 aromatic rings. The second-order valence-electron chi connectivity index (χ2n) is 4.25. The maximum absolute atomic E-state index is 9.30. The average Bonchev–Trinajstić information content (AvgIpc) is 2.33. The minimum atomic E-state index is -0.338. The highest BCUT2D eigenvalue weighted by atomic mass is 35.5. The number of rotatable bonds is 5. The lowest BCUT2D eigenvalue weighted by atomic mass is 10.00. The van der Waals surface area contributed by atoms with Crippen LogP contribution in [-0.2, 0) is 6.54 Å². The van der Waals surface area contributed by atoms with Crippen molar-refractivity contribution < 1.29 is 5.11 Å². The molecule has 0 saturated carbocycles. The number of aliphatic hydroxyl groups excluding tert-OH is 1. The molecule has 5 heteroatoms. The zero-order chi connectivity index (χ0) is 13.1. The number of nitrogens with one attached hydrogen (secondary N) is 1. The summed E-state index contributed by atoms with van der Waals surface area (Å²) in [6.07, 6.45) is 0.805. The lowest BCUT2D eigenvalue weighted by molar-refractivity contribution is 0.169. The van der Waals surface area contributed by atoms with E-state index >= 15 is 0 Å². The SMILES string of the molecule is CCC(C)(CO)NCc1c(Cl)ccc(Cl)c1Cl. The van der Waals surface area contributed by atoms with Crippen LogP contribution in [-0.4, -0.2) is 17.3 Å². The zero-order valence-electron chi connectivity index (χ0n) is 9.86. The summed E-state index contributed by atoms with van der Waals surface area (Å²) in [4.78, 5) is 0. The molecule has 0 fully saturated rings. The summed E-state index contributed by atoms with van der Waals surface area (Å²) in [6.45, 7) is 4.48. The zero-order valence-corrected chi connectivity index (χ0v) is 12.1. The molecule has 1 atom stereocenters. The van der Waals surface area contributed by atoms with Crippen molar-refractivity contribution >= 4 is 34.8 Å². The largest absolute Gasteiger partial charge is 0.394 e. The molecule has 0 heterocycles. The van der Waals surface area contributed by atoms with E-state index in [2.05, 4.69) is 5.32 Å². The first-order chi connectivity index (χ1) is 7.93. The van der Waals surface area contributed by atoms with Gasteiger partial charge in [-0.2, -0.15) is 0 Å². The molecule has 2 nitrogen and oxygen atoms in total. The van der Waals surface area contributed by atoms with Gasteiger partial charge in [0, 0.05) is 22.7 Å². The molecule has 1 aromatic carbocycles. The third kappa shape index (κ3) is 3.73. The molecule has 17 heavy (non-hydrogen) atoms. The van der Waals surface area contributed by atoms with Crippen molar-refractivity contribution in [3.8, 4) is 0 Å². The summed E-state index contributed by atoms with van der Waals surface area (Å²) >= 11 is 18.1.